The summed E-state index contributed by atoms with van der Waals surface area (Å²) in [5, 5.41) is 20.2. The Morgan fingerprint density at radius 1 is 0.971 bits per heavy atom. The van der Waals surface area contributed by atoms with Gasteiger partial charge in [-0.05, 0) is 55.2 Å². The fourth-order valence-electron chi connectivity index (χ4n) is 3.64. The summed E-state index contributed by atoms with van der Waals surface area (Å²) >= 11 is 0. The molecule has 2 aromatic rings. The summed E-state index contributed by atoms with van der Waals surface area (Å²) in [6, 6.07) is 10.1. The number of allylic oxidation sites excluding steroid dienone is 2. The van der Waals surface area contributed by atoms with Crippen LogP contribution in [0.25, 0.3) is 6.08 Å². The van der Waals surface area contributed by atoms with Crippen molar-refractivity contribution in [3.8, 4) is 11.5 Å². The molecule has 1 aliphatic rings. The van der Waals surface area contributed by atoms with Crippen molar-refractivity contribution in [1.29, 1.82) is 0 Å². The summed E-state index contributed by atoms with van der Waals surface area (Å²) < 4.78 is 5.57. The van der Waals surface area contributed by atoms with E-state index in [0.717, 1.165) is 29.3 Å². The summed E-state index contributed by atoms with van der Waals surface area (Å²) in [5.74, 6) is -2.41. The second-order valence-electron chi connectivity index (χ2n) is 8.74. The molecule has 0 aliphatic heterocycles. The minimum absolute atomic E-state index is 0.0565. The molecule has 0 fully saturated rings. The van der Waals surface area contributed by atoms with Gasteiger partial charge in [-0.25, -0.2) is 4.79 Å². The standard InChI is InChI=1S/C28H28O6/c1-16(2)5-13-24(34-25(32)14-8-18-6-9-19(10-7-18)17(3)4)20-15-23(31)26-21(29)11-12-22(30)27(26)28(20)33/h5-12,14-15,17,24,29-30H,13H2,1-4H3/b14-8+/t24-/m1/s1. The zero-order chi connectivity index (χ0) is 25.0. The van der Waals surface area contributed by atoms with Crippen molar-refractivity contribution < 1.29 is 29.3 Å². The van der Waals surface area contributed by atoms with E-state index in [2.05, 4.69) is 13.8 Å². The van der Waals surface area contributed by atoms with Gasteiger partial charge in [-0.2, -0.15) is 0 Å². The lowest BCUT2D eigenvalue weighted by Gasteiger charge is -2.23. The molecule has 0 heterocycles. The molecule has 1 atom stereocenters. The molecule has 0 saturated heterocycles. The Hall–Kier alpha value is -3.93. The van der Waals surface area contributed by atoms with Gasteiger partial charge in [-0.1, -0.05) is 49.8 Å². The predicted octanol–water partition coefficient (Wildman–Crippen LogP) is 5.51. The second-order valence-corrected chi connectivity index (χ2v) is 8.74. The number of fused-ring (bicyclic) bond motifs is 1. The van der Waals surface area contributed by atoms with E-state index in [1.165, 1.54) is 11.6 Å². The molecule has 0 bridgehead atoms. The Kier molecular flexibility index (Phi) is 7.51. The minimum Gasteiger partial charge on any atom is -0.507 e. The van der Waals surface area contributed by atoms with Crippen LogP contribution >= 0.6 is 0 Å². The summed E-state index contributed by atoms with van der Waals surface area (Å²) in [4.78, 5) is 38.4. The Bertz CT molecular complexity index is 1210. The van der Waals surface area contributed by atoms with E-state index in [-0.39, 0.29) is 23.1 Å². The minimum atomic E-state index is -1.04. The predicted molar refractivity (Wildman–Crippen MR) is 130 cm³/mol. The average Bonchev–Trinajstić information content (AvgIpc) is 2.79. The van der Waals surface area contributed by atoms with E-state index in [1.807, 2.05) is 38.1 Å². The zero-order valence-electron chi connectivity index (χ0n) is 19.7. The van der Waals surface area contributed by atoms with Gasteiger partial charge in [0.05, 0.1) is 11.1 Å². The Labute approximate surface area is 198 Å². The summed E-state index contributed by atoms with van der Waals surface area (Å²) in [6.45, 7) is 7.92. The van der Waals surface area contributed by atoms with Gasteiger partial charge in [-0.15, -0.1) is 0 Å². The Balaban J connectivity index is 1.86. The van der Waals surface area contributed by atoms with Gasteiger partial charge < -0.3 is 14.9 Å². The monoisotopic (exact) mass is 460 g/mol. The molecule has 1 aliphatic carbocycles. The zero-order valence-corrected chi connectivity index (χ0v) is 19.7. The van der Waals surface area contributed by atoms with Crippen LogP contribution in [0.3, 0.4) is 0 Å². The highest BCUT2D eigenvalue weighted by molar-refractivity contribution is 6.27. The third kappa shape index (κ3) is 5.52. The number of carbonyl (C=O) groups is 3. The van der Waals surface area contributed by atoms with E-state index < -0.39 is 35.1 Å². The van der Waals surface area contributed by atoms with Crippen LogP contribution in [-0.4, -0.2) is 33.9 Å². The van der Waals surface area contributed by atoms with Gasteiger partial charge in [0.15, 0.2) is 11.6 Å². The highest BCUT2D eigenvalue weighted by atomic mass is 16.5. The number of Topliss-reactive ketones (excluding diaryl/α,β-unsaturated/α-hetero) is 1. The maximum Gasteiger partial charge on any atom is 0.331 e. The normalized spacial score (nSPS) is 14.1. The molecule has 176 valence electrons. The number of benzene rings is 2. The number of esters is 1. The first kappa shape index (κ1) is 24.7. The molecule has 2 N–H and O–H groups in total. The fourth-order valence-corrected chi connectivity index (χ4v) is 3.64. The summed E-state index contributed by atoms with van der Waals surface area (Å²) in [5.41, 5.74) is 2.34. The van der Waals surface area contributed by atoms with Gasteiger partial charge in [-0.3, -0.25) is 9.59 Å². The number of phenolic OH excluding ortho intramolecular Hbond substituents is 2. The number of rotatable bonds is 7. The lowest BCUT2D eigenvalue weighted by Crippen LogP contribution is -2.28. The third-order valence-electron chi connectivity index (χ3n) is 5.54. The van der Waals surface area contributed by atoms with Crippen molar-refractivity contribution in [2.45, 2.75) is 46.1 Å². The molecular formula is C28H28O6. The first-order chi connectivity index (χ1) is 16.1. The molecule has 2 aromatic carbocycles. The van der Waals surface area contributed by atoms with Crippen LogP contribution in [0, 0.1) is 0 Å². The molecule has 0 radical (unpaired) electrons. The molecule has 0 spiro atoms. The topological polar surface area (TPSA) is 101 Å². The molecule has 6 heteroatoms. The van der Waals surface area contributed by atoms with Crippen molar-refractivity contribution in [3.63, 3.8) is 0 Å². The van der Waals surface area contributed by atoms with Gasteiger partial charge in [0, 0.05) is 18.1 Å². The molecular weight excluding hydrogens is 432 g/mol. The molecule has 0 unspecified atom stereocenters. The third-order valence-corrected chi connectivity index (χ3v) is 5.54. The Morgan fingerprint density at radius 2 is 1.59 bits per heavy atom. The van der Waals surface area contributed by atoms with Crippen molar-refractivity contribution in [3.05, 3.63) is 88.0 Å². The number of carbonyl (C=O) groups excluding carboxylic acids is 3. The fraction of sp³-hybridized carbons (Fsp3) is 0.250. The molecule has 0 aromatic heterocycles. The number of hydrogen-bond donors (Lipinski definition) is 2. The Morgan fingerprint density at radius 3 is 2.18 bits per heavy atom. The van der Waals surface area contributed by atoms with E-state index >= 15 is 0 Å². The van der Waals surface area contributed by atoms with Crippen molar-refractivity contribution in [2.75, 3.05) is 0 Å². The average molecular weight is 461 g/mol. The van der Waals surface area contributed by atoms with Gasteiger partial charge in [0.25, 0.3) is 0 Å². The van der Waals surface area contributed by atoms with Crippen LogP contribution < -0.4 is 0 Å². The quantitative estimate of drug-likeness (QED) is 0.245. The lowest BCUT2D eigenvalue weighted by molar-refractivity contribution is -0.140. The first-order valence-corrected chi connectivity index (χ1v) is 11.1. The lowest BCUT2D eigenvalue weighted by atomic mass is 9.85. The van der Waals surface area contributed by atoms with E-state index in [9.17, 15) is 24.6 Å². The highest BCUT2D eigenvalue weighted by Gasteiger charge is 2.35. The molecule has 0 amide bonds. The van der Waals surface area contributed by atoms with Gasteiger partial charge in [0.2, 0.25) is 0 Å². The number of ether oxygens (including phenoxy) is 1. The van der Waals surface area contributed by atoms with E-state index in [0.29, 0.717) is 5.92 Å². The maximum absolute atomic E-state index is 13.1. The number of hydrogen-bond acceptors (Lipinski definition) is 6. The molecule has 6 nitrogen and oxygen atoms in total. The molecule has 3 rings (SSSR count). The molecule has 0 saturated carbocycles. The summed E-state index contributed by atoms with van der Waals surface area (Å²) in [7, 11) is 0. The van der Waals surface area contributed by atoms with Crippen LogP contribution in [0.2, 0.25) is 0 Å². The number of phenols is 2. The van der Waals surface area contributed by atoms with Crippen molar-refractivity contribution in [2.24, 2.45) is 0 Å². The van der Waals surface area contributed by atoms with E-state index in [1.54, 1.807) is 12.2 Å². The van der Waals surface area contributed by atoms with Gasteiger partial charge in [0.1, 0.15) is 17.6 Å². The van der Waals surface area contributed by atoms with Crippen LogP contribution in [0.15, 0.2) is 65.8 Å². The van der Waals surface area contributed by atoms with Gasteiger partial charge >= 0.3 is 5.97 Å². The highest BCUT2D eigenvalue weighted by Crippen LogP contribution is 2.36. The SMILES string of the molecule is CC(C)=CC[C@@H](OC(=O)/C=C/c1ccc(C(C)C)cc1)C1=CC(=O)c2c(O)ccc(O)c2C1=O. The van der Waals surface area contributed by atoms with Crippen LogP contribution in [0.1, 0.15) is 71.9 Å². The van der Waals surface area contributed by atoms with Crippen LogP contribution in [0.5, 0.6) is 11.5 Å². The number of ketones is 2. The van der Waals surface area contributed by atoms with Crippen LogP contribution in [-0.2, 0) is 9.53 Å². The second kappa shape index (κ2) is 10.3. The molecule has 34 heavy (non-hydrogen) atoms. The summed E-state index contributed by atoms with van der Waals surface area (Å²) in [6.07, 6.45) is 4.88. The first-order valence-electron chi connectivity index (χ1n) is 11.1. The van der Waals surface area contributed by atoms with Crippen LogP contribution in [0.4, 0.5) is 0 Å². The largest absolute Gasteiger partial charge is 0.507 e. The van der Waals surface area contributed by atoms with E-state index in [4.69, 9.17) is 4.74 Å². The van der Waals surface area contributed by atoms with Crippen molar-refractivity contribution >= 4 is 23.6 Å². The van der Waals surface area contributed by atoms with Crippen molar-refractivity contribution in [1.82, 2.24) is 0 Å². The number of aromatic hydroxyl groups is 2. The maximum atomic E-state index is 13.1. The smallest absolute Gasteiger partial charge is 0.331 e.